The number of likely N-dealkylation sites (N-methyl/N-ethyl adjacent to an activating group) is 1. The summed E-state index contributed by atoms with van der Waals surface area (Å²) in [6.07, 6.45) is 7.59. The summed E-state index contributed by atoms with van der Waals surface area (Å²) in [5.74, 6) is 1.96. The first-order valence-electron chi connectivity index (χ1n) is 15.5. The van der Waals surface area contributed by atoms with E-state index in [1.807, 2.05) is 24.5 Å². The number of aromatic nitrogens is 1. The fraction of sp³-hybridized carbons (Fsp3) is 0.545. The van der Waals surface area contributed by atoms with Crippen LogP contribution in [0.2, 0.25) is 0 Å². The second kappa shape index (κ2) is 10.2. The summed E-state index contributed by atoms with van der Waals surface area (Å²) in [5.41, 5.74) is 7.67. The van der Waals surface area contributed by atoms with Gasteiger partial charge in [-0.3, -0.25) is 14.4 Å². The van der Waals surface area contributed by atoms with Crippen LogP contribution in [0.15, 0.2) is 36.4 Å². The predicted molar refractivity (Wildman–Crippen MR) is 173 cm³/mol. The van der Waals surface area contributed by atoms with Crippen LogP contribution in [0.25, 0.3) is 22.2 Å². The van der Waals surface area contributed by atoms with Gasteiger partial charge in [-0.25, -0.2) is 8.61 Å². The third-order valence-corrected chi connectivity index (χ3v) is 12.8. The number of nitrogens with one attached hydrogen (secondary N) is 1. The summed E-state index contributed by atoms with van der Waals surface area (Å²) in [7, 11) is 7.92. The van der Waals surface area contributed by atoms with Crippen LogP contribution in [-0.4, -0.2) is 82.2 Å². The Bertz CT molecular complexity index is 1570. The molecule has 4 unspecified atom stereocenters. The van der Waals surface area contributed by atoms with Crippen molar-refractivity contribution in [2.45, 2.75) is 73.7 Å². The quantitative estimate of drug-likeness (QED) is 0.327. The number of carbonyl (C=O) groups excluding carboxylic acids is 1. The highest BCUT2D eigenvalue weighted by Crippen LogP contribution is 2.67. The zero-order valence-corrected chi connectivity index (χ0v) is 26.7. The van der Waals surface area contributed by atoms with Gasteiger partial charge in [0.25, 0.3) is 5.91 Å². The monoisotopic (exact) mass is 603 g/mol. The summed E-state index contributed by atoms with van der Waals surface area (Å²) in [6.45, 7) is 3.31. The van der Waals surface area contributed by atoms with Crippen LogP contribution >= 0.6 is 24.1 Å². The van der Waals surface area contributed by atoms with E-state index in [9.17, 15) is 4.79 Å². The number of methoxy groups -OCH3 is 1. The van der Waals surface area contributed by atoms with Gasteiger partial charge in [-0.05, 0) is 87.8 Å². The summed E-state index contributed by atoms with van der Waals surface area (Å²) in [6, 6.07) is 14.7. The third-order valence-electron chi connectivity index (χ3n) is 10.6. The lowest BCUT2D eigenvalue weighted by atomic mass is 9.81. The van der Waals surface area contributed by atoms with Crippen molar-refractivity contribution in [2.75, 3.05) is 41.3 Å². The maximum absolute atomic E-state index is 13.2. The first-order chi connectivity index (χ1) is 20.4. The fourth-order valence-electron chi connectivity index (χ4n) is 8.16. The Morgan fingerprint density at radius 2 is 1.90 bits per heavy atom. The van der Waals surface area contributed by atoms with Gasteiger partial charge in [-0.1, -0.05) is 37.3 Å². The van der Waals surface area contributed by atoms with Gasteiger partial charge in [0.2, 0.25) is 0 Å². The average molecular weight is 604 g/mol. The largest absolute Gasteiger partial charge is 0.497 e. The Morgan fingerprint density at radius 3 is 2.62 bits per heavy atom. The molecule has 5 aliphatic rings. The minimum Gasteiger partial charge on any atom is -0.497 e. The third kappa shape index (κ3) is 4.25. The van der Waals surface area contributed by atoms with E-state index in [1.165, 1.54) is 90.5 Å². The lowest BCUT2D eigenvalue weighted by molar-refractivity contribution is -0.0564. The van der Waals surface area contributed by atoms with Crippen LogP contribution in [0.3, 0.4) is 0 Å². The van der Waals surface area contributed by atoms with Crippen LogP contribution in [-0.2, 0) is 6.54 Å². The SMILES string of the molecule is COc1ccc2c(c1)C1CC1(SN1CC3C1CN3C)Cn1c-2c(C2CCCCC2)c2ccc(C(=O)NSN(C)C)cc21. The van der Waals surface area contributed by atoms with Crippen LogP contribution in [0.4, 0.5) is 0 Å². The highest BCUT2D eigenvalue weighted by molar-refractivity contribution is 7.98. The van der Waals surface area contributed by atoms with E-state index in [0.717, 1.165) is 30.4 Å². The Hall–Kier alpha value is -2.17. The average Bonchev–Trinajstić information content (AvgIpc) is 3.64. The Kier molecular flexibility index (Phi) is 6.65. The topological polar surface area (TPSA) is 53.0 Å². The van der Waals surface area contributed by atoms with Crippen molar-refractivity contribution in [3.63, 3.8) is 0 Å². The summed E-state index contributed by atoms with van der Waals surface area (Å²) in [4.78, 5) is 15.7. The molecular weight excluding hydrogens is 563 g/mol. The molecule has 3 aromatic rings. The van der Waals surface area contributed by atoms with Crippen molar-refractivity contribution >= 4 is 40.9 Å². The molecule has 4 heterocycles. The minimum absolute atomic E-state index is 0.0433. The van der Waals surface area contributed by atoms with Crippen LogP contribution in [0.5, 0.6) is 5.75 Å². The van der Waals surface area contributed by atoms with Crippen LogP contribution in [0, 0.1) is 0 Å². The summed E-state index contributed by atoms with van der Waals surface area (Å²) in [5, 5.41) is 1.33. The first kappa shape index (κ1) is 27.4. The molecule has 3 aliphatic heterocycles. The van der Waals surface area contributed by atoms with Crippen LogP contribution in [0.1, 0.15) is 71.8 Å². The molecule has 42 heavy (non-hydrogen) atoms. The first-order valence-corrected chi connectivity index (χ1v) is 17.1. The fourth-order valence-corrected chi connectivity index (χ4v) is 10.3. The number of fused-ring (bicyclic) bond motifs is 8. The number of likely N-dealkylation sites (tertiary alicyclic amines) is 1. The summed E-state index contributed by atoms with van der Waals surface area (Å²) < 4.78 is 16.1. The molecule has 2 aromatic carbocycles. The van der Waals surface area contributed by atoms with Gasteiger partial charge in [-0.15, -0.1) is 0 Å². The van der Waals surface area contributed by atoms with E-state index in [1.54, 1.807) is 7.11 Å². The lowest BCUT2D eigenvalue weighted by Crippen LogP contribution is -2.76. The molecule has 7 nitrogen and oxygen atoms in total. The standard InChI is InChI=1S/C33H41N5O2S2/c1-35(2)42-34-32(39)21-10-12-24-27(14-21)37-19-33(41-38-18-28-29(38)17-36(28)3)16-26(33)25-15-22(40-4)11-13-23(25)31(37)30(24)20-8-6-5-7-9-20/h10-15,20,26,28-29H,5-9,16-19H2,1-4H3,(H,34,39). The molecule has 0 radical (unpaired) electrons. The number of hydrogen-bond acceptors (Lipinski definition) is 7. The van der Waals surface area contributed by atoms with Gasteiger partial charge in [0.15, 0.2) is 0 Å². The second-order valence-corrected chi connectivity index (χ2v) is 15.9. The van der Waals surface area contributed by atoms with Gasteiger partial charge in [0.1, 0.15) is 5.75 Å². The van der Waals surface area contributed by atoms with Crippen LogP contribution < -0.4 is 9.46 Å². The number of nitrogens with zero attached hydrogens (tertiary/aromatic N) is 4. The second-order valence-electron chi connectivity index (χ2n) is 13.3. The number of rotatable bonds is 7. The normalized spacial score (nSPS) is 28.6. The van der Waals surface area contributed by atoms with E-state index >= 15 is 0 Å². The molecule has 8 rings (SSSR count). The number of amides is 1. The Balaban J connectivity index is 1.28. The molecule has 2 aliphatic carbocycles. The van der Waals surface area contributed by atoms with Gasteiger partial charge in [0.05, 0.1) is 17.6 Å². The molecule has 2 saturated carbocycles. The molecule has 1 N–H and O–H groups in total. The zero-order chi connectivity index (χ0) is 28.7. The molecule has 2 saturated heterocycles. The summed E-state index contributed by atoms with van der Waals surface area (Å²) >= 11 is 3.46. The number of piperazine rings is 1. The van der Waals surface area contributed by atoms with Crippen molar-refractivity contribution in [2.24, 2.45) is 0 Å². The van der Waals surface area contributed by atoms with Crippen molar-refractivity contribution in [3.8, 4) is 17.0 Å². The molecule has 4 fully saturated rings. The molecule has 4 atom stereocenters. The molecule has 1 amide bonds. The maximum Gasteiger partial charge on any atom is 0.262 e. The molecular formula is C33H41N5O2S2. The van der Waals surface area contributed by atoms with Crippen molar-refractivity contribution in [1.29, 1.82) is 0 Å². The highest BCUT2D eigenvalue weighted by atomic mass is 32.2. The lowest BCUT2D eigenvalue weighted by Gasteiger charge is -2.61. The minimum atomic E-state index is -0.0433. The van der Waals surface area contributed by atoms with Gasteiger partial charge >= 0.3 is 0 Å². The van der Waals surface area contributed by atoms with E-state index in [4.69, 9.17) is 4.74 Å². The zero-order valence-electron chi connectivity index (χ0n) is 25.1. The van der Waals surface area contributed by atoms with Crippen molar-refractivity contribution in [1.82, 2.24) is 22.8 Å². The molecule has 1 aromatic heterocycles. The van der Waals surface area contributed by atoms with E-state index < -0.39 is 0 Å². The van der Waals surface area contributed by atoms with Gasteiger partial charge in [-0.2, -0.15) is 0 Å². The number of benzene rings is 2. The maximum atomic E-state index is 13.2. The number of ether oxygens (including phenoxy) is 1. The Labute approximate surface area is 257 Å². The molecule has 9 heteroatoms. The molecule has 0 bridgehead atoms. The molecule has 222 valence electrons. The highest BCUT2D eigenvalue weighted by Gasteiger charge is 2.62. The van der Waals surface area contributed by atoms with Crippen molar-refractivity contribution < 1.29 is 9.53 Å². The molecule has 0 spiro atoms. The Morgan fingerprint density at radius 1 is 1.07 bits per heavy atom. The van der Waals surface area contributed by atoms with E-state index in [0.29, 0.717) is 17.9 Å². The number of hydrogen-bond donors (Lipinski definition) is 1. The van der Waals surface area contributed by atoms with E-state index in [2.05, 4.69) is 67.8 Å². The smallest absolute Gasteiger partial charge is 0.262 e. The number of carbonyl (C=O) groups is 1. The van der Waals surface area contributed by atoms with Gasteiger partial charge in [0, 0.05) is 71.8 Å². The predicted octanol–water partition coefficient (Wildman–Crippen LogP) is 6.11. The van der Waals surface area contributed by atoms with Crippen molar-refractivity contribution in [3.05, 3.63) is 53.1 Å². The van der Waals surface area contributed by atoms with E-state index in [-0.39, 0.29) is 10.7 Å². The van der Waals surface area contributed by atoms with Gasteiger partial charge < -0.3 is 9.30 Å².